The number of hydrogen-bond acceptors (Lipinski definition) is 4. The molecule has 0 bridgehead atoms. The van der Waals surface area contributed by atoms with Crippen molar-refractivity contribution in [1.82, 2.24) is 0 Å². The fourth-order valence-electron chi connectivity index (χ4n) is 3.02. The molecule has 37 heavy (non-hydrogen) atoms. The maximum absolute atomic E-state index is 5.75. The minimum absolute atomic E-state index is 0.635. The van der Waals surface area contributed by atoms with Crippen LogP contribution in [-0.4, -0.2) is 34.4 Å². The van der Waals surface area contributed by atoms with Gasteiger partial charge < -0.3 is 19.1 Å². The second-order valence-electron chi connectivity index (χ2n) is 8.01. The smallest absolute Gasteiger partial charge is 0.203 e. The van der Waals surface area contributed by atoms with E-state index in [0.29, 0.717) is 17.2 Å². The Morgan fingerprint density at radius 2 is 1.30 bits per heavy atom. The Morgan fingerprint density at radius 1 is 0.811 bits per heavy atom. The summed E-state index contributed by atoms with van der Waals surface area (Å²) in [5, 5.41) is 0.767. The number of rotatable bonds is 8. The Kier molecular flexibility index (Phi) is 21.9. The molecule has 0 N–H and O–H groups in total. The van der Waals surface area contributed by atoms with Gasteiger partial charge in [0.05, 0.1) is 21.3 Å². The second kappa shape index (κ2) is 22.4. The molecule has 0 fully saturated rings. The molecule has 0 aliphatic carbocycles. The van der Waals surface area contributed by atoms with Crippen LogP contribution in [0.1, 0.15) is 59.6 Å². The van der Waals surface area contributed by atoms with E-state index in [0.717, 1.165) is 23.7 Å². The molecule has 0 amide bonds. The summed E-state index contributed by atoms with van der Waals surface area (Å²) in [6, 6.07) is 12.5. The van der Waals surface area contributed by atoms with Crippen molar-refractivity contribution < 1.29 is 14.2 Å². The summed E-state index contributed by atoms with van der Waals surface area (Å²) >= 11 is 5.75. The number of benzene rings is 2. The van der Waals surface area contributed by atoms with Crippen molar-refractivity contribution in [2.45, 2.75) is 62.3 Å². The van der Waals surface area contributed by atoms with Gasteiger partial charge in [0.25, 0.3) is 0 Å². The topological polar surface area (TPSA) is 30.9 Å². The fraction of sp³-hybridized carbons (Fsp3) is 0.438. The van der Waals surface area contributed by atoms with Crippen LogP contribution in [0.15, 0.2) is 71.3 Å². The van der Waals surface area contributed by atoms with E-state index >= 15 is 0 Å². The van der Waals surface area contributed by atoms with Crippen LogP contribution in [0.4, 0.5) is 5.69 Å². The Balaban J connectivity index is 0. The van der Waals surface area contributed by atoms with Gasteiger partial charge in [-0.05, 0) is 90.4 Å². The van der Waals surface area contributed by atoms with Crippen LogP contribution >= 0.6 is 11.6 Å². The van der Waals surface area contributed by atoms with Gasteiger partial charge in [0.1, 0.15) is 0 Å². The van der Waals surface area contributed by atoms with E-state index in [2.05, 4.69) is 49.9 Å². The lowest BCUT2D eigenvalue weighted by Gasteiger charge is -2.20. The number of allylic oxidation sites excluding steroid dienone is 6. The molecule has 0 unspecified atom stereocenters. The van der Waals surface area contributed by atoms with Crippen LogP contribution in [0.25, 0.3) is 0 Å². The first-order chi connectivity index (χ1) is 17.7. The molecule has 0 saturated heterocycles. The molecule has 0 aromatic heterocycles. The highest BCUT2D eigenvalue weighted by Gasteiger charge is 2.10. The Labute approximate surface area is 232 Å². The lowest BCUT2D eigenvalue weighted by molar-refractivity contribution is 0.324. The Morgan fingerprint density at radius 3 is 1.65 bits per heavy atom. The molecule has 4 nitrogen and oxygen atoms in total. The summed E-state index contributed by atoms with van der Waals surface area (Å²) in [7, 11) is 4.81. The first kappa shape index (κ1) is 36.3. The van der Waals surface area contributed by atoms with Crippen LogP contribution in [0.3, 0.4) is 0 Å². The summed E-state index contributed by atoms with van der Waals surface area (Å²) in [6.07, 6.45) is 7.65. The third-order valence-electron chi connectivity index (χ3n) is 4.87. The van der Waals surface area contributed by atoms with Gasteiger partial charge in [-0.2, -0.15) is 0 Å². The predicted octanol–water partition coefficient (Wildman–Crippen LogP) is 9.54. The van der Waals surface area contributed by atoms with E-state index in [9.17, 15) is 0 Å². The average Bonchev–Trinajstić information content (AvgIpc) is 2.90. The van der Waals surface area contributed by atoms with Crippen molar-refractivity contribution in [1.29, 1.82) is 0 Å². The standard InChI is InChI=1S/C11H17N.C10H14O3.C9H13Cl.C2H6/c1-4-12(5-2)11-8-6-10(3)7-9-11;1-7-5-8(11-2)10(13-4)9(6-7)12-3;1-4-5-9(10)7-6-8(2)3;1-2/h6-9H,4-5H2,1-3H3;5-6H,1-4H3;4-7H,1-3H3;1-2H3/b;;5-4-,9-7+;. The molecular formula is C32H50ClNO3. The monoisotopic (exact) mass is 531 g/mol. The Hall–Kier alpha value is -2.85. The second-order valence-corrected chi connectivity index (χ2v) is 8.44. The molecule has 0 radical (unpaired) electrons. The van der Waals surface area contributed by atoms with E-state index < -0.39 is 0 Å². The van der Waals surface area contributed by atoms with Crippen LogP contribution in [0.2, 0.25) is 0 Å². The van der Waals surface area contributed by atoms with Crippen molar-refractivity contribution in [2.24, 2.45) is 0 Å². The first-order valence-electron chi connectivity index (χ1n) is 12.9. The largest absolute Gasteiger partial charge is 0.493 e. The third kappa shape index (κ3) is 15.8. The summed E-state index contributed by atoms with van der Waals surface area (Å²) < 4.78 is 15.5. The minimum atomic E-state index is 0.635. The average molecular weight is 532 g/mol. The predicted molar refractivity (Wildman–Crippen MR) is 165 cm³/mol. The van der Waals surface area contributed by atoms with Crippen LogP contribution in [0, 0.1) is 13.8 Å². The molecule has 0 saturated carbocycles. The molecular weight excluding hydrogens is 482 g/mol. The van der Waals surface area contributed by atoms with Crippen molar-refractivity contribution >= 4 is 17.3 Å². The zero-order valence-corrected chi connectivity index (χ0v) is 26.0. The van der Waals surface area contributed by atoms with Gasteiger partial charge in [0.15, 0.2) is 11.5 Å². The van der Waals surface area contributed by atoms with Crippen molar-refractivity contribution in [3.63, 3.8) is 0 Å². The van der Waals surface area contributed by atoms with Gasteiger partial charge in [0, 0.05) is 23.8 Å². The number of ether oxygens (including phenoxy) is 3. The van der Waals surface area contributed by atoms with Crippen LogP contribution in [-0.2, 0) is 0 Å². The SMILES string of the molecule is C/C=C\C(Cl)=C/C=C(C)C.CC.CCN(CC)c1ccc(C)cc1.COc1cc(C)cc(OC)c1OC. The zero-order valence-electron chi connectivity index (χ0n) is 25.2. The number of methoxy groups -OCH3 is 3. The quantitative estimate of drug-likeness (QED) is 0.317. The molecule has 2 rings (SSSR count). The van der Waals surface area contributed by atoms with Gasteiger partial charge in [-0.1, -0.05) is 60.9 Å². The van der Waals surface area contributed by atoms with Crippen LogP contribution in [0.5, 0.6) is 17.2 Å². The highest BCUT2D eigenvalue weighted by molar-refractivity contribution is 6.31. The zero-order chi connectivity index (χ0) is 28.8. The number of hydrogen-bond donors (Lipinski definition) is 0. The first-order valence-corrected chi connectivity index (χ1v) is 13.3. The molecule has 0 aliphatic rings. The van der Waals surface area contributed by atoms with E-state index in [1.165, 1.54) is 16.8 Å². The molecule has 5 heteroatoms. The summed E-state index contributed by atoms with van der Waals surface area (Å²) in [5.74, 6) is 2.02. The number of halogens is 1. The molecule has 0 spiro atoms. The van der Waals surface area contributed by atoms with Crippen molar-refractivity contribution in [2.75, 3.05) is 39.3 Å². The van der Waals surface area contributed by atoms with Crippen molar-refractivity contribution in [3.05, 3.63) is 82.4 Å². The lowest BCUT2D eigenvalue weighted by Crippen LogP contribution is -2.21. The van der Waals surface area contributed by atoms with Crippen molar-refractivity contribution in [3.8, 4) is 17.2 Å². The third-order valence-corrected chi connectivity index (χ3v) is 5.13. The number of nitrogens with zero attached hydrogens (tertiary/aromatic N) is 1. The van der Waals surface area contributed by atoms with E-state index in [-0.39, 0.29) is 0 Å². The van der Waals surface area contributed by atoms with Gasteiger partial charge >= 0.3 is 0 Å². The van der Waals surface area contributed by atoms with Gasteiger partial charge in [-0.25, -0.2) is 0 Å². The number of anilines is 1. The summed E-state index contributed by atoms with van der Waals surface area (Å²) in [4.78, 5) is 2.35. The normalized spacial score (nSPS) is 10.0. The summed E-state index contributed by atoms with van der Waals surface area (Å²) in [5.41, 5.74) is 4.98. The molecule has 2 aromatic carbocycles. The van der Waals surface area contributed by atoms with E-state index in [1.807, 2.05) is 78.0 Å². The number of aryl methyl sites for hydroxylation is 2. The van der Waals surface area contributed by atoms with Crippen LogP contribution < -0.4 is 19.1 Å². The maximum Gasteiger partial charge on any atom is 0.203 e. The van der Waals surface area contributed by atoms with Gasteiger partial charge in [-0.15, -0.1) is 0 Å². The Bertz CT molecular complexity index is 914. The molecule has 0 heterocycles. The van der Waals surface area contributed by atoms with Gasteiger partial charge in [-0.3, -0.25) is 0 Å². The highest BCUT2D eigenvalue weighted by Crippen LogP contribution is 2.37. The molecule has 0 atom stereocenters. The molecule has 208 valence electrons. The molecule has 2 aromatic rings. The fourth-order valence-corrected chi connectivity index (χ4v) is 3.21. The minimum Gasteiger partial charge on any atom is -0.493 e. The highest BCUT2D eigenvalue weighted by atomic mass is 35.5. The van der Waals surface area contributed by atoms with E-state index in [1.54, 1.807) is 21.3 Å². The lowest BCUT2D eigenvalue weighted by atomic mass is 10.2. The maximum atomic E-state index is 5.75. The molecule has 0 aliphatic heterocycles. The van der Waals surface area contributed by atoms with E-state index in [4.69, 9.17) is 25.8 Å². The summed E-state index contributed by atoms with van der Waals surface area (Å²) in [6.45, 7) is 20.6. The van der Waals surface area contributed by atoms with Gasteiger partial charge in [0.2, 0.25) is 5.75 Å².